The van der Waals surface area contributed by atoms with E-state index in [9.17, 15) is 4.57 Å². The molecule has 1 unspecified atom stereocenters. The van der Waals surface area contributed by atoms with Crippen molar-refractivity contribution in [2.75, 3.05) is 12.8 Å². The first-order chi connectivity index (χ1) is 6.70. The van der Waals surface area contributed by atoms with E-state index < -0.39 is 7.52 Å². The summed E-state index contributed by atoms with van der Waals surface area (Å²) >= 11 is 0. The zero-order chi connectivity index (χ0) is 10.4. The number of hydrogen-bond donors (Lipinski definition) is 1. The second kappa shape index (κ2) is 5.57. The highest BCUT2D eigenvalue weighted by molar-refractivity contribution is 7.57. The highest BCUT2D eigenvalue weighted by Gasteiger charge is 2.21. The average molecular weight is 217 g/mol. The lowest BCUT2D eigenvalue weighted by molar-refractivity contribution is 0.327. The van der Waals surface area contributed by atoms with Gasteiger partial charge in [0.15, 0.2) is 0 Å². The molecule has 0 aromatic carbocycles. The summed E-state index contributed by atoms with van der Waals surface area (Å²) in [6, 6.07) is 0. The van der Waals surface area contributed by atoms with Gasteiger partial charge in [0.1, 0.15) is 0 Å². The summed E-state index contributed by atoms with van der Waals surface area (Å²) in [4.78, 5) is 0. The smallest absolute Gasteiger partial charge is 0.293 e. The van der Waals surface area contributed by atoms with Crippen molar-refractivity contribution in [2.24, 2.45) is 0 Å². The predicted octanol–water partition coefficient (Wildman–Crippen LogP) is 3.28. The van der Waals surface area contributed by atoms with E-state index in [1.165, 1.54) is 12.8 Å². The van der Waals surface area contributed by atoms with Crippen molar-refractivity contribution < 1.29 is 9.09 Å². The van der Waals surface area contributed by atoms with Crippen LogP contribution >= 0.6 is 7.52 Å². The molecule has 0 amide bonds. The number of rotatable bonds is 5. The Bertz CT molecular complexity index is 251. The molecule has 4 heteroatoms. The molecule has 0 spiro atoms. The third kappa shape index (κ3) is 3.47. The minimum Gasteiger partial charge on any atom is -0.319 e. The maximum absolute atomic E-state index is 12.1. The van der Waals surface area contributed by atoms with E-state index in [2.05, 4.69) is 11.2 Å². The predicted molar refractivity (Wildman–Crippen MR) is 59.5 cm³/mol. The Kier molecular flexibility index (Phi) is 4.70. The first kappa shape index (κ1) is 11.8. The summed E-state index contributed by atoms with van der Waals surface area (Å²) < 4.78 is 17.4. The Hall–Kier alpha value is -0.270. The summed E-state index contributed by atoms with van der Waals surface area (Å²) in [7, 11) is -2.59. The van der Waals surface area contributed by atoms with E-state index in [0.717, 1.165) is 18.5 Å². The Morgan fingerprint density at radius 3 is 2.79 bits per heavy atom. The molecule has 1 atom stereocenters. The second-order valence-corrected chi connectivity index (χ2v) is 5.96. The van der Waals surface area contributed by atoms with Gasteiger partial charge in [0.25, 0.3) is 7.52 Å². The lowest BCUT2D eigenvalue weighted by Gasteiger charge is -2.22. The average Bonchev–Trinajstić information content (AvgIpc) is 2.20. The molecule has 0 fully saturated rings. The molecule has 0 aliphatic heterocycles. The maximum atomic E-state index is 12.1. The Labute approximate surface area is 86.4 Å². The number of hydrogen-bond acceptors (Lipinski definition) is 2. The van der Waals surface area contributed by atoms with Gasteiger partial charge in [-0.1, -0.05) is 13.0 Å². The third-order valence-corrected chi connectivity index (χ3v) is 4.49. The van der Waals surface area contributed by atoms with Crippen molar-refractivity contribution in [3.8, 4) is 0 Å². The van der Waals surface area contributed by atoms with Crippen molar-refractivity contribution >= 4 is 7.52 Å². The minimum atomic E-state index is -2.59. The normalized spacial score (nSPS) is 21.1. The van der Waals surface area contributed by atoms with E-state index in [4.69, 9.17) is 4.52 Å². The van der Waals surface area contributed by atoms with Crippen LogP contribution in [-0.2, 0) is 9.09 Å². The van der Waals surface area contributed by atoms with Crippen LogP contribution in [0.5, 0.6) is 0 Å². The molecular formula is C10H20NO2P. The topological polar surface area (TPSA) is 38.3 Å². The Morgan fingerprint density at radius 2 is 2.29 bits per heavy atom. The highest BCUT2D eigenvalue weighted by atomic mass is 31.2. The van der Waals surface area contributed by atoms with Crippen LogP contribution in [0.25, 0.3) is 0 Å². The van der Waals surface area contributed by atoms with Gasteiger partial charge in [-0.15, -0.1) is 0 Å². The molecule has 82 valence electrons. The van der Waals surface area contributed by atoms with Gasteiger partial charge in [0, 0.05) is 11.9 Å². The van der Waals surface area contributed by atoms with E-state index in [1.807, 2.05) is 13.8 Å². The molecule has 3 nitrogen and oxygen atoms in total. The van der Waals surface area contributed by atoms with Crippen molar-refractivity contribution in [2.45, 2.75) is 39.5 Å². The zero-order valence-electron chi connectivity index (χ0n) is 9.08. The fourth-order valence-electron chi connectivity index (χ4n) is 1.57. The van der Waals surface area contributed by atoms with E-state index in [0.29, 0.717) is 12.8 Å². The molecular weight excluding hydrogens is 197 g/mol. The Balaban J connectivity index is 2.54. The minimum absolute atomic E-state index is 0.505. The standard InChI is InChI=1S/C10H20NO2P/c1-3-13-14(12,4-2)11-10-8-6-5-7-9-10/h8H,3-7,9H2,1-2H3,(H,11,12). The molecule has 1 aliphatic carbocycles. The van der Waals surface area contributed by atoms with Crippen LogP contribution in [0, 0.1) is 0 Å². The molecule has 1 aliphatic rings. The van der Waals surface area contributed by atoms with Gasteiger partial charge in [-0.2, -0.15) is 0 Å². The molecule has 0 saturated heterocycles. The molecule has 0 bridgehead atoms. The fraction of sp³-hybridized carbons (Fsp3) is 0.800. The molecule has 0 aromatic rings. The van der Waals surface area contributed by atoms with Crippen molar-refractivity contribution in [3.05, 3.63) is 11.8 Å². The van der Waals surface area contributed by atoms with Gasteiger partial charge >= 0.3 is 0 Å². The van der Waals surface area contributed by atoms with Gasteiger partial charge in [0.05, 0.1) is 6.61 Å². The molecule has 14 heavy (non-hydrogen) atoms. The summed E-state index contributed by atoms with van der Waals surface area (Å²) in [5, 5.41) is 3.08. The molecule has 1 rings (SSSR count). The first-order valence-corrected chi connectivity index (χ1v) is 7.22. The van der Waals surface area contributed by atoms with Gasteiger partial charge in [-0.3, -0.25) is 4.57 Å². The summed E-state index contributed by atoms with van der Waals surface area (Å²) in [5.41, 5.74) is 1.11. The van der Waals surface area contributed by atoms with Crippen molar-refractivity contribution in [1.82, 2.24) is 5.09 Å². The van der Waals surface area contributed by atoms with Crippen LogP contribution in [0.1, 0.15) is 39.5 Å². The van der Waals surface area contributed by atoms with Crippen LogP contribution in [0.4, 0.5) is 0 Å². The van der Waals surface area contributed by atoms with Crippen LogP contribution in [0.15, 0.2) is 11.8 Å². The van der Waals surface area contributed by atoms with Crippen LogP contribution < -0.4 is 5.09 Å². The van der Waals surface area contributed by atoms with E-state index >= 15 is 0 Å². The largest absolute Gasteiger partial charge is 0.319 e. The lowest BCUT2D eigenvalue weighted by Crippen LogP contribution is -2.15. The number of nitrogens with one attached hydrogen (secondary N) is 1. The summed E-state index contributed by atoms with van der Waals surface area (Å²) in [6.07, 6.45) is 7.24. The van der Waals surface area contributed by atoms with E-state index in [-0.39, 0.29) is 0 Å². The highest BCUT2D eigenvalue weighted by Crippen LogP contribution is 2.43. The van der Waals surface area contributed by atoms with Crippen LogP contribution in [0.2, 0.25) is 0 Å². The summed E-state index contributed by atoms with van der Waals surface area (Å²) in [6.45, 7) is 4.28. The van der Waals surface area contributed by atoms with Crippen molar-refractivity contribution in [1.29, 1.82) is 0 Å². The van der Waals surface area contributed by atoms with Gasteiger partial charge in [0.2, 0.25) is 0 Å². The molecule has 0 radical (unpaired) electrons. The summed E-state index contributed by atoms with van der Waals surface area (Å²) in [5.74, 6) is 0. The zero-order valence-corrected chi connectivity index (χ0v) is 9.98. The maximum Gasteiger partial charge on any atom is 0.293 e. The third-order valence-electron chi connectivity index (χ3n) is 2.36. The van der Waals surface area contributed by atoms with Crippen molar-refractivity contribution in [3.63, 3.8) is 0 Å². The monoisotopic (exact) mass is 217 g/mol. The molecule has 1 N–H and O–H groups in total. The van der Waals surface area contributed by atoms with Gasteiger partial charge in [-0.05, 0) is 32.6 Å². The number of allylic oxidation sites excluding steroid dienone is 2. The van der Waals surface area contributed by atoms with Gasteiger partial charge in [-0.25, -0.2) is 0 Å². The van der Waals surface area contributed by atoms with Crippen LogP contribution in [-0.4, -0.2) is 12.8 Å². The SMILES string of the molecule is CCOP(=O)(CC)NC1=CCCCC1. The molecule has 0 saturated carbocycles. The molecule has 0 heterocycles. The van der Waals surface area contributed by atoms with Gasteiger partial charge < -0.3 is 9.61 Å². The lowest BCUT2D eigenvalue weighted by atomic mass is 10.1. The first-order valence-electron chi connectivity index (χ1n) is 5.41. The van der Waals surface area contributed by atoms with E-state index in [1.54, 1.807) is 0 Å². The quantitative estimate of drug-likeness (QED) is 0.718. The Morgan fingerprint density at radius 1 is 1.50 bits per heavy atom. The second-order valence-electron chi connectivity index (χ2n) is 3.49. The molecule has 0 aromatic heterocycles. The fourth-order valence-corrected chi connectivity index (χ4v) is 3.03. The van der Waals surface area contributed by atoms with Crippen LogP contribution in [0.3, 0.4) is 0 Å².